The Bertz CT molecular complexity index is 409. The average molecular weight is 246 g/mol. The fourth-order valence-corrected chi connectivity index (χ4v) is 4.60. The van der Waals surface area contributed by atoms with Crippen molar-refractivity contribution in [1.82, 2.24) is 0 Å². The monoisotopic (exact) mass is 246 g/mol. The molecule has 2 fully saturated rings. The molecule has 2 nitrogen and oxygen atoms in total. The maximum absolute atomic E-state index is 12.3. The molecule has 0 aromatic rings. The number of carbonyl (C=O) groups is 1. The van der Waals surface area contributed by atoms with Crippen LogP contribution in [0.4, 0.5) is 0 Å². The molecule has 98 valence electrons. The van der Waals surface area contributed by atoms with E-state index < -0.39 is 0 Å². The van der Waals surface area contributed by atoms with Crippen molar-refractivity contribution < 1.29 is 9.53 Å². The second kappa shape index (κ2) is 4.25. The minimum atomic E-state index is 0.0309. The number of ether oxygens (including phenoxy) is 1. The van der Waals surface area contributed by atoms with E-state index >= 15 is 0 Å². The summed E-state index contributed by atoms with van der Waals surface area (Å²) in [6, 6.07) is 0. The lowest BCUT2D eigenvalue weighted by Gasteiger charge is -2.31. The van der Waals surface area contributed by atoms with Gasteiger partial charge in [0.15, 0.2) is 0 Å². The van der Waals surface area contributed by atoms with Crippen LogP contribution in [-0.2, 0) is 9.53 Å². The molecule has 0 aliphatic heterocycles. The van der Waals surface area contributed by atoms with Crippen molar-refractivity contribution in [1.29, 1.82) is 0 Å². The highest BCUT2D eigenvalue weighted by atomic mass is 16.5. The second-order valence-electron chi connectivity index (χ2n) is 6.09. The molecule has 2 bridgehead atoms. The fraction of sp³-hybridized carbons (Fsp3) is 0.688. The standard InChI is InChI=1S/C16H22O2/c1-3-18-15(17)14-12-6-4-5-9-16(10-12)11(2)7-8-13(14)16/h4-6,9,11-14H,3,7-8,10H2,1-2H3/t11?,12-,13+,14-,16+/m1/s1. The molecule has 0 aromatic carbocycles. The summed E-state index contributed by atoms with van der Waals surface area (Å²) in [5, 5.41) is 0. The van der Waals surface area contributed by atoms with Crippen molar-refractivity contribution in [2.75, 3.05) is 6.61 Å². The van der Waals surface area contributed by atoms with Gasteiger partial charge in [0.25, 0.3) is 0 Å². The van der Waals surface area contributed by atoms with Crippen molar-refractivity contribution in [2.45, 2.75) is 33.1 Å². The molecule has 0 aromatic heterocycles. The van der Waals surface area contributed by atoms with Gasteiger partial charge in [0.05, 0.1) is 12.5 Å². The maximum atomic E-state index is 12.3. The van der Waals surface area contributed by atoms with Gasteiger partial charge in [-0.05, 0) is 49.4 Å². The lowest BCUT2D eigenvalue weighted by atomic mass is 9.73. The van der Waals surface area contributed by atoms with Gasteiger partial charge in [0, 0.05) is 0 Å². The third-order valence-electron chi connectivity index (χ3n) is 5.44. The number of esters is 1. The lowest BCUT2D eigenvalue weighted by Crippen LogP contribution is -2.30. The van der Waals surface area contributed by atoms with Gasteiger partial charge in [-0.25, -0.2) is 0 Å². The molecule has 5 atom stereocenters. The van der Waals surface area contributed by atoms with Gasteiger partial charge in [-0.1, -0.05) is 31.2 Å². The van der Waals surface area contributed by atoms with E-state index in [0.29, 0.717) is 24.4 Å². The summed E-state index contributed by atoms with van der Waals surface area (Å²) in [7, 11) is 0. The van der Waals surface area contributed by atoms with Crippen LogP contribution in [0.2, 0.25) is 0 Å². The van der Waals surface area contributed by atoms with Crippen molar-refractivity contribution in [2.24, 2.45) is 29.1 Å². The predicted molar refractivity (Wildman–Crippen MR) is 70.8 cm³/mol. The van der Waals surface area contributed by atoms with Crippen LogP contribution in [0.5, 0.6) is 0 Å². The Balaban J connectivity index is 1.96. The first kappa shape index (κ1) is 12.0. The molecule has 3 aliphatic carbocycles. The number of hydrogen-bond acceptors (Lipinski definition) is 2. The first-order chi connectivity index (χ1) is 8.69. The van der Waals surface area contributed by atoms with Crippen LogP contribution in [-0.4, -0.2) is 12.6 Å². The third kappa shape index (κ3) is 1.51. The normalized spacial score (nSPS) is 44.8. The van der Waals surface area contributed by atoms with E-state index in [2.05, 4.69) is 31.2 Å². The van der Waals surface area contributed by atoms with Gasteiger partial charge < -0.3 is 4.74 Å². The smallest absolute Gasteiger partial charge is 0.309 e. The van der Waals surface area contributed by atoms with Crippen molar-refractivity contribution in [3.05, 3.63) is 24.3 Å². The number of fused-ring (bicyclic) bond motifs is 1. The highest BCUT2D eigenvalue weighted by Crippen LogP contribution is 2.63. The fourth-order valence-electron chi connectivity index (χ4n) is 4.60. The van der Waals surface area contributed by atoms with Gasteiger partial charge in [-0.3, -0.25) is 4.79 Å². The highest BCUT2D eigenvalue weighted by Gasteiger charge is 2.59. The van der Waals surface area contributed by atoms with Gasteiger partial charge in [0.2, 0.25) is 0 Å². The van der Waals surface area contributed by atoms with Crippen LogP contribution < -0.4 is 0 Å². The predicted octanol–water partition coefficient (Wildman–Crippen LogP) is 3.34. The van der Waals surface area contributed by atoms with Gasteiger partial charge >= 0.3 is 5.97 Å². The Hall–Kier alpha value is -1.05. The minimum Gasteiger partial charge on any atom is -0.466 e. The van der Waals surface area contributed by atoms with E-state index in [1.54, 1.807) is 0 Å². The van der Waals surface area contributed by atoms with Crippen molar-refractivity contribution in [3.63, 3.8) is 0 Å². The van der Waals surface area contributed by atoms with Crippen LogP contribution in [0.3, 0.4) is 0 Å². The zero-order chi connectivity index (χ0) is 12.8. The zero-order valence-corrected chi connectivity index (χ0v) is 11.3. The van der Waals surface area contributed by atoms with E-state index in [1.807, 2.05) is 6.92 Å². The Labute approximate surface area is 109 Å². The van der Waals surface area contributed by atoms with Gasteiger partial charge in [0.1, 0.15) is 0 Å². The summed E-state index contributed by atoms with van der Waals surface area (Å²) in [4.78, 5) is 12.3. The number of allylic oxidation sites excluding steroid dienone is 4. The third-order valence-corrected chi connectivity index (χ3v) is 5.44. The Morgan fingerprint density at radius 2 is 2.22 bits per heavy atom. The molecular weight excluding hydrogens is 224 g/mol. The summed E-state index contributed by atoms with van der Waals surface area (Å²) in [5.74, 6) is 1.70. The molecule has 18 heavy (non-hydrogen) atoms. The van der Waals surface area contributed by atoms with E-state index in [1.165, 1.54) is 12.8 Å². The Kier molecular flexibility index (Phi) is 2.84. The van der Waals surface area contributed by atoms with Gasteiger partial charge in [-0.2, -0.15) is 0 Å². The summed E-state index contributed by atoms with van der Waals surface area (Å²) in [5.41, 5.74) is 0.256. The quantitative estimate of drug-likeness (QED) is 0.698. The molecule has 3 rings (SSSR count). The Morgan fingerprint density at radius 1 is 1.39 bits per heavy atom. The molecule has 3 aliphatic rings. The molecule has 0 N–H and O–H groups in total. The van der Waals surface area contributed by atoms with E-state index in [4.69, 9.17) is 4.74 Å². The molecule has 0 heterocycles. The van der Waals surface area contributed by atoms with E-state index in [0.717, 1.165) is 6.42 Å². The lowest BCUT2D eigenvalue weighted by molar-refractivity contribution is -0.150. The van der Waals surface area contributed by atoms with Crippen molar-refractivity contribution in [3.8, 4) is 0 Å². The molecule has 0 saturated heterocycles. The summed E-state index contributed by atoms with van der Waals surface area (Å²) in [6.45, 7) is 4.74. The van der Waals surface area contributed by atoms with E-state index in [9.17, 15) is 4.79 Å². The second-order valence-corrected chi connectivity index (χ2v) is 6.09. The van der Waals surface area contributed by atoms with Gasteiger partial charge in [-0.15, -0.1) is 0 Å². The van der Waals surface area contributed by atoms with Crippen molar-refractivity contribution >= 4 is 5.97 Å². The summed E-state index contributed by atoms with van der Waals surface area (Å²) >= 11 is 0. The summed E-state index contributed by atoms with van der Waals surface area (Å²) < 4.78 is 5.32. The molecule has 1 spiro atoms. The molecule has 1 unspecified atom stereocenters. The molecule has 2 saturated carbocycles. The van der Waals surface area contributed by atoms with E-state index in [-0.39, 0.29) is 17.3 Å². The zero-order valence-electron chi connectivity index (χ0n) is 11.3. The topological polar surface area (TPSA) is 26.3 Å². The maximum Gasteiger partial charge on any atom is 0.309 e. The number of hydrogen-bond donors (Lipinski definition) is 0. The molecule has 0 amide bonds. The number of rotatable bonds is 2. The largest absolute Gasteiger partial charge is 0.466 e. The van der Waals surface area contributed by atoms with Crippen LogP contribution >= 0.6 is 0 Å². The Morgan fingerprint density at radius 3 is 3.00 bits per heavy atom. The van der Waals surface area contributed by atoms with Crippen LogP contribution in [0.25, 0.3) is 0 Å². The molecule has 2 heteroatoms. The number of carbonyl (C=O) groups excluding carboxylic acids is 1. The first-order valence-corrected chi connectivity index (χ1v) is 7.21. The highest BCUT2D eigenvalue weighted by molar-refractivity contribution is 5.74. The SMILES string of the molecule is CCOC(=O)[C@@H]1[C@@H]2C=CC=C[C@]3(C2)C(C)CC[C@@H]13. The van der Waals surface area contributed by atoms with Crippen LogP contribution in [0.15, 0.2) is 24.3 Å². The minimum absolute atomic E-state index is 0.0309. The van der Waals surface area contributed by atoms with Crippen LogP contribution in [0.1, 0.15) is 33.1 Å². The first-order valence-electron chi connectivity index (χ1n) is 7.21. The summed E-state index contributed by atoms with van der Waals surface area (Å²) in [6.07, 6.45) is 12.5. The molecule has 0 radical (unpaired) electrons. The van der Waals surface area contributed by atoms with Crippen LogP contribution in [0, 0.1) is 29.1 Å². The average Bonchev–Trinajstić information content (AvgIpc) is 2.67. The molecular formula is C16H22O2.